The Morgan fingerprint density at radius 1 is 1.28 bits per heavy atom. The molecular formula is C13H12ClN3O. The number of amides is 1. The Kier molecular flexibility index (Phi) is 3.89. The molecule has 0 N–H and O–H groups in total. The summed E-state index contributed by atoms with van der Waals surface area (Å²) in [6, 6.07) is 8.78. The maximum atomic E-state index is 12.1. The molecule has 0 radical (unpaired) electrons. The Morgan fingerprint density at radius 3 is 2.78 bits per heavy atom. The minimum absolute atomic E-state index is 0.178. The van der Waals surface area contributed by atoms with Crippen molar-refractivity contribution >= 4 is 17.5 Å². The molecule has 0 aliphatic heterocycles. The third-order valence-corrected chi connectivity index (χ3v) is 2.65. The summed E-state index contributed by atoms with van der Waals surface area (Å²) in [7, 11) is 1.71. The van der Waals surface area contributed by atoms with Crippen molar-refractivity contribution in [2.24, 2.45) is 0 Å². The van der Waals surface area contributed by atoms with Crippen LogP contribution in [0.3, 0.4) is 0 Å². The predicted molar refractivity (Wildman–Crippen MR) is 69.3 cm³/mol. The van der Waals surface area contributed by atoms with Gasteiger partial charge in [-0.3, -0.25) is 14.8 Å². The van der Waals surface area contributed by atoms with Gasteiger partial charge in [0.1, 0.15) is 5.69 Å². The Balaban J connectivity index is 2.10. The molecule has 0 atom stereocenters. The number of nitrogens with zero attached hydrogens (tertiary/aromatic N) is 3. The van der Waals surface area contributed by atoms with Gasteiger partial charge in [-0.05, 0) is 24.3 Å². The minimum Gasteiger partial charge on any atom is -0.334 e. The maximum absolute atomic E-state index is 12.1. The van der Waals surface area contributed by atoms with E-state index < -0.39 is 0 Å². The molecule has 0 aliphatic rings. The number of pyridine rings is 2. The Hall–Kier alpha value is -1.94. The standard InChI is InChI=1S/C13H12ClN3O/c1-17(9-11-4-2-3-6-15-11)13(18)12-8-10(14)5-7-16-12/h2-8H,9H2,1H3. The summed E-state index contributed by atoms with van der Waals surface area (Å²) in [4.78, 5) is 21.8. The maximum Gasteiger partial charge on any atom is 0.272 e. The van der Waals surface area contributed by atoms with Gasteiger partial charge in [-0.2, -0.15) is 0 Å². The molecule has 4 nitrogen and oxygen atoms in total. The summed E-state index contributed by atoms with van der Waals surface area (Å²) < 4.78 is 0. The van der Waals surface area contributed by atoms with Crippen LogP contribution in [0.2, 0.25) is 5.02 Å². The van der Waals surface area contributed by atoms with Crippen LogP contribution in [0.5, 0.6) is 0 Å². The van der Waals surface area contributed by atoms with Crippen molar-refractivity contribution in [3.63, 3.8) is 0 Å². The van der Waals surface area contributed by atoms with E-state index in [-0.39, 0.29) is 5.91 Å². The summed E-state index contributed by atoms with van der Waals surface area (Å²) in [5, 5.41) is 0.500. The van der Waals surface area contributed by atoms with Crippen LogP contribution in [-0.4, -0.2) is 27.8 Å². The lowest BCUT2D eigenvalue weighted by Gasteiger charge is -2.16. The normalized spacial score (nSPS) is 10.1. The molecular weight excluding hydrogens is 250 g/mol. The fourth-order valence-corrected chi connectivity index (χ4v) is 1.68. The van der Waals surface area contributed by atoms with E-state index in [0.29, 0.717) is 17.3 Å². The molecule has 2 aromatic heterocycles. The van der Waals surface area contributed by atoms with Gasteiger partial charge in [0.25, 0.3) is 5.91 Å². The lowest BCUT2D eigenvalue weighted by atomic mass is 10.3. The molecule has 0 saturated carbocycles. The van der Waals surface area contributed by atoms with Crippen LogP contribution >= 0.6 is 11.6 Å². The summed E-state index contributed by atoms with van der Waals surface area (Å²) in [6.45, 7) is 0.438. The van der Waals surface area contributed by atoms with Crippen LogP contribution in [0.25, 0.3) is 0 Å². The van der Waals surface area contributed by atoms with Crippen molar-refractivity contribution in [2.45, 2.75) is 6.54 Å². The van der Waals surface area contributed by atoms with Crippen LogP contribution in [0.4, 0.5) is 0 Å². The number of hydrogen-bond acceptors (Lipinski definition) is 3. The van der Waals surface area contributed by atoms with Gasteiger partial charge < -0.3 is 4.90 Å². The molecule has 0 fully saturated rings. The van der Waals surface area contributed by atoms with Crippen molar-refractivity contribution in [2.75, 3.05) is 7.05 Å². The SMILES string of the molecule is CN(Cc1ccccn1)C(=O)c1cc(Cl)ccn1. The summed E-state index contributed by atoms with van der Waals surface area (Å²) in [5.41, 5.74) is 1.16. The monoisotopic (exact) mass is 261 g/mol. The van der Waals surface area contributed by atoms with Crippen molar-refractivity contribution in [3.8, 4) is 0 Å². The highest BCUT2D eigenvalue weighted by Gasteiger charge is 2.13. The van der Waals surface area contributed by atoms with E-state index in [1.54, 1.807) is 30.3 Å². The second-order valence-corrected chi connectivity index (χ2v) is 4.28. The molecule has 2 aromatic rings. The molecule has 0 unspecified atom stereocenters. The molecule has 0 saturated heterocycles. The van der Waals surface area contributed by atoms with Crippen molar-refractivity contribution in [3.05, 3.63) is 59.1 Å². The number of halogens is 1. The van der Waals surface area contributed by atoms with Gasteiger partial charge in [-0.15, -0.1) is 0 Å². The van der Waals surface area contributed by atoms with E-state index in [9.17, 15) is 4.79 Å². The second-order valence-electron chi connectivity index (χ2n) is 3.84. The first-order valence-electron chi connectivity index (χ1n) is 5.44. The molecule has 5 heteroatoms. The zero-order valence-electron chi connectivity index (χ0n) is 9.88. The van der Waals surface area contributed by atoms with Gasteiger partial charge in [-0.25, -0.2) is 0 Å². The Bertz CT molecular complexity index is 545. The smallest absolute Gasteiger partial charge is 0.272 e. The van der Waals surface area contributed by atoms with Crippen molar-refractivity contribution in [1.29, 1.82) is 0 Å². The van der Waals surface area contributed by atoms with Gasteiger partial charge in [0.05, 0.1) is 12.2 Å². The molecule has 2 heterocycles. The average molecular weight is 262 g/mol. The van der Waals surface area contributed by atoms with E-state index in [0.717, 1.165) is 5.69 Å². The highest BCUT2D eigenvalue weighted by Crippen LogP contribution is 2.10. The Morgan fingerprint density at radius 2 is 2.11 bits per heavy atom. The average Bonchev–Trinajstić information content (AvgIpc) is 2.39. The predicted octanol–water partition coefficient (Wildman–Crippen LogP) is 2.40. The first-order chi connectivity index (χ1) is 8.66. The minimum atomic E-state index is -0.178. The van der Waals surface area contributed by atoms with Crippen LogP contribution < -0.4 is 0 Å². The summed E-state index contributed by atoms with van der Waals surface area (Å²) in [6.07, 6.45) is 3.22. The number of carbonyl (C=O) groups is 1. The van der Waals surface area contributed by atoms with Crippen LogP contribution in [0.15, 0.2) is 42.7 Å². The summed E-state index contributed by atoms with van der Waals surface area (Å²) >= 11 is 5.83. The molecule has 1 amide bonds. The zero-order valence-corrected chi connectivity index (χ0v) is 10.6. The number of rotatable bonds is 3. The van der Waals surface area contributed by atoms with E-state index >= 15 is 0 Å². The fourth-order valence-electron chi connectivity index (χ4n) is 1.52. The topological polar surface area (TPSA) is 46.1 Å². The van der Waals surface area contributed by atoms with E-state index in [4.69, 9.17) is 11.6 Å². The number of carbonyl (C=O) groups excluding carboxylic acids is 1. The Labute approximate surface area is 110 Å². The molecule has 18 heavy (non-hydrogen) atoms. The quantitative estimate of drug-likeness (QED) is 0.852. The highest BCUT2D eigenvalue weighted by atomic mass is 35.5. The molecule has 0 spiro atoms. The molecule has 0 bridgehead atoms. The van der Waals surface area contributed by atoms with Gasteiger partial charge in [-0.1, -0.05) is 17.7 Å². The molecule has 92 valence electrons. The van der Waals surface area contributed by atoms with Gasteiger partial charge >= 0.3 is 0 Å². The zero-order chi connectivity index (χ0) is 13.0. The first-order valence-corrected chi connectivity index (χ1v) is 5.81. The van der Waals surface area contributed by atoms with Gasteiger partial charge in [0.2, 0.25) is 0 Å². The fraction of sp³-hybridized carbons (Fsp3) is 0.154. The molecule has 0 aromatic carbocycles. The van der Waals surface area contributed by atoms with Gasteiger partial charge in [0.15, 0.2) is 0 Å². The first kappa shape index (κ1) is 12.5. The van der Waals surface area contributed by atoms with E-state index in [1.807, 2.05) is 18.2 Å². The number of aromatic nitrogens is 2. The van der Waals surface area contributed by atoms with Crippen LogP contribution in [0.1, 0.15) is 16.2 Å². The third-order valence-electron chi connectivity index (χ3n) is 2.41. The second kappa shape index (κ2) is 5.60. The van der Waals surface area contributed by atoms with Crippen LogP contribution in [-0.2, 0) is 6.54 Å². The lowest BCUT2D eigenvalue weighted by Crippen LogP contribution is -2.27. The van der Waals surface area contributed by atoms with Crippen molar-refractivity contribution < 1.29 is 4.79 Å². The van der Waals surface area contributed by atoms with E-state index in [2.05, 4.69) is 9.97 Å². The van der Waals surface area contributed by atoms with E-state index in [1.165, 1.54) is 6.20 Å². The summed E-state index contributed by atoms with van der Waals surface area (Å²) in [5.74, 6) is -0.178. The largest absolute Gasteiger partial charge is 0.334 e. The third kappa shape index (κ3) is 3.05. The molecule has 0 aliphatic carbocycles. The lowest BCUT2D eigenvalue weighted by molar-refractivity contribution is 0.0777. The van der Waals surface area contributed by atoms with Gasteiger partial charge in [0, 0.05) is 24.5 Å². The number of hydrogen-bond donors (Lipinski definition) is 0. The highest BCUT2D eigenvalue weighted by molar-refractivity contribution is 6.30. The van der Waals surface area contributed by atoms with Crippen molar-refractivity contribution in [1.82, 2.24) is 14.9 Å². The molecule has 2 rings (SSSR count). The van der Waals surface area contributed by atoms with Crippen LogP contribution in [0, 0.1) is 0 Å².